The number of nitrogens with two attached hydrogens (primary N) is 1. The van der Waals surface area contributed by atoms with Crippen molar-refractivity contribution in [3.05, 3.63) is 20.7 Å². The van der Waals surface area contributed by atoms with E-state index in [1.54, 1.807) is 5.38 Å². The van der Waals surface area contributed by atoms with Gasteiger partial charge in [-0.3, -0.25) is 9.59 Å². The van der Waals surface area contributed by atoms with E-state index in [1.807, 2.05) is 20.8 Å². The van der Waals surface area contributed by atoms with Crippen molar-refractivity contribution < 1.29 is 4.79 Å². The van der Waals surface area contributed by atoms with Crippen molar-refractivity contribution in [3.8, 4) is 0 Å². The molecule has 90 valence electrons. The fourth-order valence-electron chi connectivity index (χ4n) is 1.09. The monoisotopic (exact) mass is 243 g/mol. The number of hydrogen-bond acceptors (Lipinski definition) is 4. The maximum atomic E-state index is 11.6. The minimum absolute atomic E-state index is 0.121. The quantitative estimate of drug-likeness (QED) is 0.719. The fourth-order valence-corrected chi connectivity index (χ4v) is 1.67. The second kappa shape index (κ2) is 4.80. The SMILES string of the molecule is CC(C)(C)C(N)C(=O)NCc1csc(=O)[nH]1. The minimum Gasteiger partial charge on any atom is -0.349 e. The van der Waals surface area contributed by atoms with Crippen molar-refractivity contribution in [3.63, 3.8) is 0 Å². The van der Waals surface area contributed by atoms with Gasteiger partial charge in [-0.25, -0.2) is 0 Å². The van der Waals surface area contributed by atoms with Gasteiger partial charge in [0.1, 0.15) is 0 Å². The van der Waals surface area contributed by atoms with Gasteiger partial charge in [0.2, 0.25) is 5.91 Å². The molecule has 0 saturated heterocycles. The summed E-state index contributed by atoms with van der Waals surface area (Å²) in [4.78, 5) is 25.0. The molecule has 0 aliphatic rings. The van der Waals surface area contributed by atoms with Crippen LogP contribution in [-0.4, -0.2) is 16.9 Å². The highest BCUT2D eigenvalue weighted by Crippen LogP contribution is 2.17. The number of carbonyl (C=O) groups excluding carboxylic acids is 1. The molecule has 5 nitrogen and oxygen atoms in total. The third kappa shape index (κ3) is 3.46. The van der Waals surface area contributed by atoms with Gasteiger partial charge >= 0.3 is 4.87 Å². The lowest BCUT2D eigenvalue weighted by Crippen LogP contribution is -2.48. The maximum Gasteiger partial charge on any atom is 0.304 e. The smallest absolute Gasteiger partial charge is 0.304 e. The number of rotatable bonds is 3. The number of H-pyrrole nitrogens is 1. The van der Waals surface area contributed by atoms with E-state index in [0.29, 0.717) is 12.2 Å². The zero-order chi connectivity index (χ0) is 12.3. The van der Waals surface area contributed by atoms with E-state index < -0.39 is 6.04 Å². The van der Waals surface area contributed by atoms with Gasteiger partial charge in [0, 0.05) is 11.1 Å². The number of carbonyl (C=O) groups is 1. The van der Waals surface area contributed by atoms with Crippen molar-refractivity contribution in [2.75, 3.05) is 0 Å². The summed E-state index contributed by atoms with van der Waals surface area (Å²) in [6, 6.07) is -0.558. The molecule has 1 aromatic heterocycles. The summed E-state index contributed by atoms with van der Waals surface area (Å²) in [7, 11) is 0. The van der Waals surface area contributed by atoms with E-state index >= 15 is 0 Å². The number of hydrogen-bond donors (Lipinski definition) is 3. The molecule has 0 bridgehead atoms. The molecule has 4 N–H and O–H groups in total. The zero-order valence-corrected chi connectivity index (χ0v) is 10.5. The molecular weight excluding hydrogens is 226 g/mol. The Morgan fingerprint density at radius 1 is 1.62 bits per heavy atom. The largest absolute Gasteiger partial charge is 0.349 e. The molecule has 0 spiro atoms. The van der Waals surface area contributed by atoms with Crippen molar-refractivity contribution >= 4 is 17.2 Å². The fraction of sp³-hybridized carbons (Fsp3) is 0.600. The standard InChI is InChI=1S/C10H17N3O2S/c1-10(2,3)7(11)8(14)12-4-6-5-16-9(15)13-6/h5,7H,4,11H2,1-3H3,(H,12,14)(H,13,15). The zero-order valence-electron chi connectivity index (χ0n) is 9.66. The summed E-state index contributed by atoms with van der Waals surface area (Å²) in [5.41, 5.74) is 6.21. The van der Waals surface area contributed by atoms with Crippen LogP contribution in [0.25, 0.3) is 0 Å². The summed E-state index contributed by atoms with van der Waals surface area (Å²) in [6.07, 6.45) is 0. The van der Waals surface area contributed by atoms with Crippen LogP contribution in [0, 0.1) is 5.41 Å². The van der Waals surface area contributed by atoms with E-state index in [-0.39, 0.29) is 16.2 Å². The van der Waals surface area contributed by atoms with E-state index in [0.717, 1.165) is 11.3 Å². The first-order chi connectivity index (χ1) is 7.30. The predicted molar refractivity (Wildman–Crippen MR) is 64.2 cm³/mol. The molecule has 1 atom stereocenters. The summed E-state index contributed by atoms with van der Waals surface area (Å²) in [5.74, 6) is -0.209. The van der Waals surface area contributed by atoms with Gasteiger partial charge in [-0.1, -0.05) is 32.1 Å². The highest BCUT2D eigenvalue weighted by Gasteiger charge is 2.27. The Bertz CT molecular complexity index is 416. The van der Waals surface area contributed by atoms with Gasteiger partial charge in [0.15, 0.2) is 0 Å². The summed E-state index contributed by atoms with van der Waals surface area (Å²) < 4.78 is 0. The number of aromatic amines is 1. The molecular formula is C10H17N3O2S. The Hall–Kier alpha value is -1.14. The van der Waals surface area contributed by atoms with Gasteiger partial charge in [0.05, 0.1) is 12.6 Å². The van der Waals surface area contributed by atoms with E-state index in [1.165, 1.54) is 0 Å². The average Bonchev–Trinajstić information content (AvgIpc) is 2.58. The van der Waals surface area contributed by atoms with Crippen LogP contribution in [0.1, 0.15) is 26.5 Å². The van der Waals surface area contributed by atoms with Crippen LogP contribution in [0.3, 0.4) is 0 Å². The first-order valence-electron chi connectivity index (χ1n) is 5.00. The van der Waals surface area contributed by atoms with E-state index in [9.17, 15) is 9.59 Å². The first-order valence-corrected chi connectivity index (χ1v) is 5.88. The normalized spacial score (nSPS) is 13.5. The first kappa shape index (κ1) is 12.9. The molecule has 0 saturated carbocycles. The minimum atomic E-state index is -0.558. The van der Waals surface area contributed by atoms with Crippen LogP contribution < -0.4 is 15.9 Å². The Morgan fingerprint density at radius 3 is 2.69 bits per heavy atom. The second-order valence-corrected chi connectivity index (χ2v) is 5.58. The van der Waals surface area contributed by atoms with Crippen LogP contribution >= 0.6 is 11.3 Å². The molecule has 0 aromatic carbocycles. The van der Waals surface area contributed by atoms with Crippen molar-refractivity contribution in [1.82, 2.24) is 10.3 Å². The molecule has 1 aromatic rings. The summed E-state index contributed by atoms with van der Waals surface area (Å²) in [5, 5.41) is 4.38. The summed E-state index contributed by atoms with van der Waals surface area (Å²) >= 11 is 1.08. The Morgan fingerprint density at radius 2 is 2.25 bits per heavy atom. The summed E-state index contributed by atoms with van der Waals surface area (Å²) in [6.45, 7) is 6.03. The lowest BCUT2D eigenvalue weighted by atomic mass is 9.87. The van der Waals surface area contributed by atoms with Gasteiger partial charge in [-0.15, -0.1) is 0 Å². The number of aromatic nitrogens is 1. The average molecular weight is 243 g/mol. The third-order valence-corrected chi connectivity index (χ3v) is 2.96. The van der Waals surface area contributed by atoms with Crippen molar-refractivity contribution in [2.45, 2.75) is 33.4 Å². The number of amides is 1. The number of nitrogens with one attached hydrogen (secondary N) is 2. The van der Waals surface area contributed by atoms with Crippen molar-refractivity contribution in [2.24, 2.45) is 11.1 Å². The number of thiazole rings is 1. The van der Waals surface area contributed by atoms with Gasteiger partial charge in [-0.2, -0.15) is 0 Å². The molecule has 0 aliphatic carbocycles. The molecule has 1 rings (SSSR count). The highest BCUT2D eigenvalue weighted by molar-refractivity contribution is 7.07. The van der Waals surface area contributed by atoms with Crippen molar-refractivity contribution in [1.29, 1.82) is 0 Å². The van der Waals surface area contributed by atoms with E-state index in [4.69, 9.17) is 5.73 Å². The van der Waals surface area contributed by atoms with Crippen LogP contribution in [0.15, 0.2) is 10.2 Å². The molecule has 1 heterocycles. The van der Waals surface area contributed by atoms with Gasteiger partial charge in [-0.05, 0) is 5.41 Å². The van der Waals surface area contributed by atoms with Crippen LogP contribution in [0.5, 0.6) is 0 Å². The van der Waals surface area contributed by atoms with E-state index in [2.05, 4.69) is 10.3 Å². The van der Waals surface area contributed by atoms with Crippen LogP contribution in [-0.2, 0) is 11.3 Å². The predicted octanol–water partition coefficient (Wildman–Crippen LogP) is 0.426. The Labute approximate surface area is 98.1 Å². The van der Waals surface area contributed by atoms with Crippen LogP contribution in [0.2, 0.25) is 0 Å². The van der Waals surface area contributed by atoms with Gasteiger partial charge < -0.3 is 16.0 Å². The molecule has 0 aliphatic heterocycles. The topological polar surface area (TPSA) is 88.0 Å². The molecule has 0 radical (unpaired) electrons. The molecule has 16 heavy (non-hydrogen) atoms. The molecule has 1 unspecified atom stereocenters. The van der Waals surface area contributed by atoms with Crippen LogP contribution in [0.4, 0.5) is 0 Å². The lowest BCUT2D eigenvalue weighted by molar-refractivity contribution is -0.124. The molecule has 6 heteroatoms. The molecule has 1 amide bonds. The Balaban J connectivity index is 2.50. The lowest BCUT2D eigenvalue weighted by Gasteiger charge is -2.25. The maximum absolute atomic E-state index is 11.6. The molecule has 0 fully saturated rings. The Kier molecular flexibility index (Phi) is 3.88. The van der Waals surface area contributed by atoms with Gasteiger partial charge in [0.25, 0.3) is 0 Å². The second-order valence-electron chi connectivity index (χ2n) is 4.73. The highest BCUT2D eigenvalue weighted by atomic mass is 32.1. The third-order valence-electron chi connectivity index (χ3n) is 2.24.